The lowest BCUT2D eigenvalue weighted by atomic mass is 10.1. The van der Waals surface area contributed by atoms with Crippen LogP contribution < -0.4 is 10.6 Å². The minimum atomic E-state index is 0.00428. The topological polar surface area (TPSA) is 70.1 Å². The fraction of sp³-hybridized carbons (Fsp3) is 0.692. The third-order valence-electron chi connectivity index (χ3n) is 2.85. The Labute approximate surface area is 109 Å². The highest BCUT2D eigenvalue weighted by Gasteiger charge is 2.14. The molecule has 1 atom stereocenters. The molecule has 102 valence electrons. The Hall–Kier alpha value is -1.36. The van der Waals surface area contributed by atoms with Crippen molar-refractivity contribution in [2.75, 3.05) is 24.3 Å². The molecule has 0 aliphatic heterocycles. The van der Waals surface area contributed by atoms with Gasteiger partial charge in [0.25, 0.3) is 0 Å². The number of aromatic nitrogens is 2. The summed E-state index contributed by atoms with van der Waals surface area (Å²) in [5.41, 5.74) is 0. The van der Waals surface area contributed by atoms with Crippen LogP contribution in [0.1, 0.15) is 39.4 Å². The summed E-state index contributed by atoms with van der Waals surface area (Å²) in [7, 11) is 1.84. The first-order chi connectivity index (χ1) is 8.47. The maximum atomic E-state index is 9.34. The van der Waals surface area contributed by atoms with Crippen LogP contribution >= 0.6 is 0 Å². The Morgan fingerprint density at radius 2 is 1.78 bits per heavy atom. The second-order valence-corrected chi connectivity index (χ2v) is 5.08. The number of aliphatic hydroxyl groups excluding tert-OH is 1. The molecule has 0 fully saturated rings. The van der Waals surface area contributed by atoms with Crippen LogP contribution in [0.25, 0.3) is 0 Å². The van der Waals surface area contributed by atoms with E-state index in [1.54, 1.807) is 0 Å². The van der Waals surface area contributed by atoms with Gasteiger partial charge < -0.3 is 15.7 Å². The average Bonchev–Trinajstić information content (AvgIpc) is 2.34. The first-order valence-corrected chi connectivity index (χ1v) is 6.42. The lowest BCUT2D eigenvalue weighted by Gasteiger charge is -2.21. The van der Waals surface area contributed by atoms with E-state index < -0.39 is 0 Å². The van der Waals surface area contributed by atoms with Crippen molar-refractivity contribution in [3.05, 3.63) is 11.9 Å². The number of nitrogens with zero attached hydrogens (tertiary/aromatic N) is 2. The number of hydrogen-bond acceptors (Lipinski definition) is 5. The van der Waals surface area contributed by atoms with Crippen LogP contribution in [-0.4, -0.2) is 34.8 Å². The molecule has 5 heteroatoms. The Morgan fingerprint density at radius 1 is 1.17 bits per heavy atom. The van der Waals surface area contributed by atoms with Gasteiger partial charge in [0, 0.05) is 19.0 Å². The zero-order valence-electron chi connectivity index (χ0n) is 11.9. The Balaban J connectivity index is 2.97. The zero-order valence-corrected chi connectivity index (χ0v) is 11.9. The summed E-state index contributed by atoms with van der Waals surface area (Å²) in [4.78, 5) is 8.88. The number of rotatable bonds is 6. The molecule has 1 unspecified atom stereocenters. The van der Waals surface area contributed by atoms with Gasteiger partial charge in [0.15, 0.2) is 0 Å². The maximum Gasteiger partial charge on any atom is 0.135 e. The predicted molar refractivity (Wildman–Crippen MR) is 75.0 cm³/mol. The van der Waals surface area contributed by atoms with Crippen LogP contribution in [-0.2, 0) is 0 Å². The molecule has 1 aromatic heterocycles. The molecule has 1 aromatic rings. The van der Waals surface area contributed by atoms with Crippen molar-refractivity contribution in [1.29, 1.82) is 0 Å². The molecule has 0 aromatic carbocycles. The van der Waals surface area contributed by atoms with Crippen molar-refractivity contribution in [3.63, 3.8) is 0 Å². The van der Waals surface area contributed by atoms with E-state index in [0.29, 0.717) is 5.92 Å². The lowest BCUT2D eigenvalue weighted by Crippen LogP contribution is -2.30. The zero-order chi connectivity index (χ0) is 13.7. The van der Waals surface area contributed by atoms with Crippen molar-refractivity contribution in [2.24, 2.45) is 5.92 Å². The van der Waals surface area contributed by atoms with Gasteiger partial charge in [0.2, 0.25) is 0 Å². The van der Waals surface area contributed by atoms with Gasteiger partial charge in [-0.1, -0.05) is 27.7 Å². The van der Waals surface area contributed by atoms with Crippen LogP contribution in [0.15, 0.2) is 6.07 Å². The first-order valence-electron chi connectivity index (χ1n) is 6.42. The normalized spacial score (nSPS) is 12.9. The largest absolute Gasteiger partial charge is 0.394 e. The summed E-state index contributed by atoms with van der Waals surface area (Å²) in [5.74, 6) is 2.95. The second-order valence-electron chi connectivity index (χ2n) is 5.08. The molecule has 5 nitrogen and oxygen atoms in total. The van der Waals surface area contributed by atoms with Crippen LogP contribution in [0, 0.1) is 5.92 Å². The fourth-order valence-corrected chi connectivity index (χ4v) is 1.54. The Kier molecular flexibility index (Phi) is 5.34. The third-order valence-corrected chi connectivity index (χ3v) is 2.85. The van der Waals surface area contributed by atoms with E-state index in [1.165, 1.54) is 0 Å². The van der Waals surface area contributed by atoms with Crippen molar-refractivity contribution in [1.82, 2.24) is 9.97 Å². The van der Waals surface area contributed by atoms with Gasteiger partial charge in [-0.2, -0.15) is 0 Å². The van der Waals surface area contributed by atoms with E-state index in [9.17, 15) is 5.11 Å². The van der Waals surface area contributed by atoms with Crippen LogP contribution in [0.3, 0.4) is 0 Å². The molecule has 1 heterocycles. The number of hydrogen-bond donors (Lipinski definition) is 3. The number of nitrogens with one attached hydrogen (secondary N) is 2. The monoisotopic (exact) mass is 252 g/mol. The second kappa shape index (κ2) is 6.54. The van der Waals surface area contributed by atoms with Crippen molar-refractivity contribution in [3.8, 4) is 0 Å². The molecule has 0 radical (unpaired) electrons. The van der Waals surface area contributed by atoms with E-state index in [-0.39, 0.29) is 18.6 Å². The molecule has 0 amide bonds. The average molecular weight is 252 g/mol. The molecule has 18 heavy (non-hydrogen) atoms. The van der Waals surface area contributed by atoms with Gasteiger partial charge in [-0.05, 0) is 5.92 Å². The molecule has 0 spiro atoms. The van der Waals surface area contributed by atoms with Gasteiger partial charge in [0.05, 0.1) is 12.6 Å². The van der Waals surface area contributed by atoms with Crippen molar-refractivity contribution < 1.29 is 5.11 Å². The van der Waals surface area contributed by atoms with Crippen LogP contribution in [0.2, 0.25) is 0 Å². The van der Waals surface area contributed by atoms with Crippen LogP contribution in [0.4, 0.5) is 11.6 Å². The number of anilines is 2. The quantitative estimate of drug-likeness (QED) is 0.723. The number of aliphatic hydroxyl groups is 1. The minimum absolute atomic E-state index is 0.00428. The summed E-state index contributed by atoms with van der Waals surface area (Å²) in [6, 6.07) is 1.86. The van der Waals surface area contributed by atoms with Gasteiger partial charge in [-0.25, -0.2) is 9.97 Å². The van der Waals surface area contributed by atoms with Crippen LogP contribution in [0.5, 0.6) is 0 Å². The molecule has 0 aliphatic rings. The van der Waals surface area contributed by atoms with Gasteiger partial charge in [-0.15, -0.1) is 0 Å². The maximum absolute atomic E-state index is 9.34. The molecule has 0 saturated heterocycles. The first kappa shape index (κ1) is 14.7. The lowest BCUT2D eigenvalue weighted by molar-refractivity contribution is 0.249. The van der Waals surface area contributed by atoms with E-state index in [0.717, 1.165) is 17.5 Å². The Bertz CT molecular complexity index is 379. The van der Waals surface area contributed by atoms with Gasteiger partial charge in [-0.3, -0.25) is 0 Å². The third kappa shape index (κ3) is 3.84. The smallest absolute Gasteiger partial charge is 0.135 e. The summed E-state index contributed by atoms with van der Waals surface area (Å²) < 4.78 is 0. The highest BCUT2D eigenvalue weighted by Crippen LogP contribution is 2.18. The van der Waals surface area contributed by atoms with Crippen molar-refractivity contribution >= 4 is 11.6 Å². The van der Waals surface area contributed by atoms with Gasteiger partial charge in [0.1, 0.15) is 17.5 Å². The SMILES string of the molecule is CNc1cc(NC(CO)C(C)C)nc(C(C)C)n1. The van der Waals surface area contributed by atoms with Crippen molar-refractivity contribution in [2.45, 2.75) is 39.7 Å². The molecule has 1 rings (SSSR count). The molecule has 0 saturated carbocycles. The predicted octanol–water partition coefficient (Wildman–Crippen LogP) is 2.07. The molecule has 0 bridgehead atoms. The Morgan fingerprint density at radius 3 is 2.22 bits per heavy atom. The van der Waals surface area contributed by atoms with E-state index in [2.05, 4.69) is 48.3 Å². The van der Waals surface area contributed by atoms with E-state index >= 15 is 0 Å². The van der Waals surface area contributed by atoms with Gasteiger partial charge >= 0.3 is 0 Å². The molecule has 0 aliphatic carbocycles. The van der Waals surface area contributed by atoms with E-state index in [1.807, 2.05) is 13.1 Å². The fourth-order valence-electron chi connectivity index (χ4n) is 1.54. The molecular formula is C13H24N4O. The highest BCUT2D eigenvalue weighted by atomic mass is 16.3. The summed E-state index contributed by atoms with van der Waals surface area (Å²) in [6.45, 7) is 8.34. The van der Waals surface area contributed by atoms with E-state index in [4.69, 9.17) is 0 Å². The highest BCUT2D eigenvalue weighted by molar-refractivity contribution is 5.48. The molecule has 3 N–H and O–H groups in total. The minimum Gasteiger partial charge on any atom is -0.394 e. The summed E-state index contributed by atoms with van der Waals surface area (Å²) >= 11 is 0. The summed E-state index contributed by atoms with van der Waals surface area (Å²) in [6.07, 6.45) is 0. The molecular weight excluding hydrogens is 228 g/mol. The standard InChI is InChI=1S/C13H24N4O/c1-8(2)10(7-18)15-12-6-11(14-5)16-13(17-12)9(3)4/h6,8-10,18H,7H2,1-5H3,(H2,14,15,16,17). The summed E-state index contributed by atoms with van der Waals surface area (Å²) in [5, 5.41) is 15.6.